The molecule has 1 aromatic carbocycles. The van der Waals surface area contributed by atoms with Crippen molar-refractivity contribution in [3.05, 3.63) is 42.1 Å². The van der Waals surface area contributed by atoms with Gasteiger partial charge in [0.05, 0.1) is 17.0 Å². The van der Waals surface area contributed by atoms with Gasteiger partial charge in [-0.3, -0.25) is 9.78 Å². The lowest BCUT2D eigenvalue weighted by atomic mass is 9.96. The Kier molecular flexibility index (Phi) is 3.48. The van der Waals surface area contributed by atoms with Gasteiger partial charge in [-0.2, -0.15) is 5.26 Å². The van der Waals surface area contributed by atoms with Crippen LogP contribution in [0.25, 0.3) is 10.9 Å². The van der Waals surface area contributed by atoms with Gasteiger partial charge in [0.1, 0.15) is 0 Å². The van der Waals surface area contributed by atoms with Crippen molar-refractivity contribution < 1.29 is 4.79 Å². The average molecular weight is 253 g/mol. The van der Waals surface area contributed by atoms with Crippen LogP contribution in [0.3, 0.4) is 0 Å². The largest absolute Gasteiger partial charge is 0.350 e. The predicted octanol–water partition coefficient (Wildman–Crippen LogP) is 2.51. The number of hydrogen-bond acceptors (Lipinski definition) is 3. The van der Waals surface area contributed by atoms with Gasteiger partial charge in [-0.25, -0.2) is 0 Å². The Morgan fingerprint density at radius 2 is 2.21 bits per heavy atom. The van der Waals surface area contributed by atoms with E-state index in [1.807, 2.05) is 18.2 Å². The van der Waals surface area contributed by atoms with Crippen molar-refractivity contribution >= 4 is 16.8 Å². The van der Waals surface area contributed by atoms with Gasteiger partial charge in [-0.1, -0.05) is 6.07 Å². The van der Waals surface area contributed by atoms with E-state index in [1.165, 1.54) is 0 Å². The van der Waals surface area contributed by atoms with E-state index in [9.17, 15) is 4.79 Å². The maximum absolute atomic E-state index is 12.0. The summed E-state index contributed by atoms with van der Waals surface area (Å²) in [6, 6.07) is 11.3. The van der Waals surface area contributed by atoms with Crippen LogP contribution in [0.2, 0.25) is 0 Å². The topological polar surface area (TPSA) is 65.8 Å². The summed E-state index contributed by atoms with van der Waals surface area (Å²) in [4.78, 5) is 16.2. The molecule has 0 saturated carbocycles. The Morgan fingerprint density at radius 1 is 1.42 bits per heavy atom. The van der Waals surface area contributed by atoms with Crippen LogP contribution in [-0.2, 0) is 0 Å². The first-order valence-electron chi connectivity index (χ1n) is 6.06. The van der Waals surface area contributed by atoms with E-state index in [0.29, 0.717) is 12.1 Å². The number of nitrogens with zero attached hydrogens (tertiary/aromatic N) is 2. The Balaban J connectivity index is 2.16. The van der Waals surface area contributed by atoms with Crippen molar-refractivity contribution in [2.75, 3.05) is 6.54 Å². The number of nitrogens with one attached hydrogen (secondary N) is 1. The molecular formula is C15H15N3O. The molecule has 1 amide bonds. The SMILES string of the molecule is CC(C)(C#N)CNC(=O)c1ccc2ncccc2c1. The van der Waals surface area contributed by atoms with Gasteiger partial charge in [-0.15, -0.1) is 0 Å². The minimum atomic E-state index is -0.561. The molecule has 0 saturated heterocycles. The summed E-state index contributed by atoms with van der Waals surface area (Å²) in [5.74, 6) is -0.172. The number of nitriles is 1. The molecule has 4 nitrogen and oxygen atoms in total. The maximum atomic E-state index is 12.0. The van der Waals surface area contributed by atoms with E-state index in [0.717, 1.165) is 10.9 Å². The lowest BCUT2D eigenvalue weighted by Gasteiger charge is -2.15. The number of amides is 1. The predicted molar refractivity (Wildman–Crippen MR) is 73.5 cm³/mol. The van der Waals surface area contributed by atoms with Crippen LogP contribution in [0.1, 0.15) is 24.2 Å². The van der Waals surface area contributed by atoms with Gasteiger partial charge in [0, 0.05) is 23.7 Å². The zero-order valence-electron chi connectivity index (χ0n) is 11.0. The quantitative estimate of drug-likeness (QED) is 0.914. The fraction of sp³-hybridized carbons (Fsp3) is 0.267. The summed E-state index contributed by atoms with van der Waals surface area (Å²) in [5.41, 5.74) is 0.874. The third kappa shape index (κ3) is 3.08. The lowest BCUT2D eigenvalue weighted by molar-refractivity contribution is 0.0944. The molecule has 1 heterocycles. The van der Waals surface area contributed by atoms with Gasteiger partial charge in [-0.05, 0) is 38.1 Å². The molecule has 0 spiro atoms. The number of aromatic nitrogens is 1. The van der Waals surface area contributed by atoms with Gasteiger partial charge in [0.25, 0.3) is 5.91 Å². The molecule has 1 N–H and O–H groups in total. The lowest BCUT2D eigenvalue weighted by Crippen LogP contribution is -2.33. The molecule has 4 heteroatoms. The number of fused-ring (bicyclic) bond motifs is 1. The highest BCUT2D eigenvalue weighted by Crippen LogP contribution is 2.14. The summed E-state index contributed by atoms with van der Waals surface area (Å²) in [5, 5.41) is 12.6. The number of pyridine rings is 1. The molecule has 2 aromatic rings. The Labute approximate surface area is 112 Å². The average Bonchev–Trinajstić information content (AvgIpc) is 2.44. The molecule has 0 aliphatic heterocycles. The molecular weight excluding hydrogens is 238 g/mol. The molecule has 0 aliphatic rings. The van der Waals surface area contributed by atoms with Crippen molar-refractivity contribution in [2.45, 2.75) is 13.8 Å². The standard InChI is InChI=1S/C15H15N3O/c1-15(2,9-16)10-18-14(19)12-5-6-13-11(8-12)4-3-7-17-13/h3-8H,10H2,1-2H3,(H,18,19). The highest BCUT2D eigenvalue weighted by molar-refractivity contribution is 5.97. The van der Waals surface area contributed by atoms with E-state index < -0.39 is 5.41 Å². The first-order chi connectivity index (χ1) is 9.02. The van der Waals surface area contributed by atoms with Crippen LogP contribution in [0.4, 0.5) is 0 Å². The van der Waals surface area contributed by atoms with E-state index in [1.54, 1.807) is 32.2 Å². The highest BCUT2D eigenvalue weighted by atomic mass is 16.1. The van der Waals surface area contributed by atoms with Crippen LogP contribution >= 0.6 is 0 Å². The van der Waals surface area contributed by atoms with Gasteiger partial charge >= 0.3 is 0 Å². The van der Waals surface area contributed by atoms with Crippen LogP contribution < -0.4 is 5.32 Å². The van der Waals surface area contributed by atoms with E-state index in [-0.39, 0.29) is 5.91 Å². The second kappa shape index (κ2) is 5.07. The first-order valence-corrected chi connectivity index (χ1v) is 6.06. The molecule has 0 radical (unpaired) electrons. The van der Waals surface area contributed by atoms with Gasteiger partial charge < -0.3 is 5.32 Å². The van der Waals surface area contributed by atoms with Crippen molar-refractivity contribution in [3.63, 3.8) is 0 Å². The summed E-state index contributed by atoms with van der Waals surface area (Å²) >= 11 is 0. The summed E-state index contributed by atoms with van der Waals surface area (Å²) in [7, 11) is 0. The van der Waals surface area contributed by atoms with Crippen molar-refractivity contribution in [2.24, 2.45) is 5.41 Å². The van der Waals surface area contributed by atoms with Crippen LogP contribution in [0.5, 0.6) is 0 Å². The van der Waals surface area contributed by atoms with Crippen molar-refractivity contribution in [3.8, 4) is 6.07 Å². The fourth-order valence-electron chi connectivity index (χ4n) is 1.66. The zero-order valence-corrected chi connectivity index (χ0v) is 11.0. The van der Waals surface area contributed by atoms with E-state index in [4.69, 9.17) is 5.26 Å². The van der Waals surface area contributed by atoms with Crippen molar-refractivity contribution in [1.29, 1.82) is 5.26 Å². The maximum Gasteiger partial charge on any atom is 0.251 e. The van der Waals surface area contributed by atoms with E-state index in [2.05, 4.69) is 16.4 Å². The molecule has 0 atom stereocenters. The highest BCUT2D eigenvalue weighted by Gasteiger charge is 2.18. The molecule has 0 fully saturated rings. The van der Waals surface area contributed by atoms with Gasteiger partial charge in [0.2, 0.25) is 0 Å². The first kappa shape index (κ1) is 13.0. The molecule has 0 bridgehead atoms. The third-order valence-corrected chi connectivity index (χ3v) is 2.86. The molecule has 0 aliphatic carbocycles. The summed E-state index contributed by atoms with van der Waals surface area (Å²) in [6.07, 6.45) is 1.72. The second-order valence-electron chi connectivity index (χ2n) is 5.09. The Hall–Kier alpha value is -2.41. The Bertz CT molecular complexity index is 656. The van der Waals surface area contributed by atoms with Crippen LogP contribution in [0.15, 0.2) is 36.5 Å². The molecule has 19 heavy (non-hydrogen) atoms. The number of carbonyl (C=O) groups excluding carboxylic acids is 1. The minimum absolute atomic E-state index is 0.172. The smallest absolute Gasteiger partial charge is 0.251 e. The third-order valence-electron chi connectivity index (χ3n) is 2.86. The molecule has 0 unspecified atom stereocenters. The molecule has 2 rings (SSSR count). The second-order valence-corrected chi connectivity index (χ2v) is 5.09. The summed E-state index contributed by atoms with van der Waals surface area (Å²) < 4.78 is 0. The molecule has 1 aromatic heterocycles. The van der Waals surface area contributed by atoms with Crippen LogP contribution in [0, 0.1) is 16.7 Å². The zero-order chi connectivity index (χ0) is 13.9. The van der Waals surface area contributed by atoms with Crippen molar-refractivity contribution in [1.82, 2.24) is 10.3 Å². The van der Waals surface area contributed by atoms with E-state index >= 15 is 0 Å². The normalized spacial score (nSPS) is 11.0. The Morgan fingerprint density at radius 3 is 2.95 bits per heavy atom. The fourth-order valence-corrected chi connectivity index (χ4v) is 1.66. The minimum Gasteiger partial charge on any atom is -0.350 e. The monoisotopic (exact) mass is 253 g/mol. The van der Waals surface area contributed by atoms with Crippen LogP contribution in [-0.4, -0.2) is 17.4 Å². The number of hydrogen-bond donors (Lipinski definition) is 1. The number of rotatable bonds is 3. The number of carbonyl (C=O) groups is 1. The summed E-state index contributed by atoms with van der Waals surface area (Å²) in [6.45, 7) is 3.91. The molecule has 96 valence electrons. The van der Waals surface area contributed by atoms with Gasteiger partial charge in [0.15, 0.2) is 0 Å². The number of benzene rings is 1.